The van der Waals surface area contributed by atoms with Crippen molar-refractivity contribution in [2.45, 2.75) is 18.6 Å². The maximum absolute atomic E-state index is 13.1. The van der Waals surface area contributed by atoms with E-state index in [1.54, 1.807) is 0 Å². The molecule has 0 unspecified atom stereocenters. The molecule has 0 saturated carbocycles. The summed E-state index contributed by atoms with van der Waals surface area (Å²) in [5, 5.41) is 20.5. The standard InChI is InChI=1S/C14H15ClF3NO3/c1-13(7-20,8-21)19-12(22)6-11(14(16,17)18)9-2-4-10(15)5-3-9/h2-6,20-21H,7-8H2,1H3,(H,19,22). The van der Waals surface area contributed by atoms with Gasteiger partial charge in [-0.3, -0.25) is 4.79 Å². The molecular formula is C14H15ClF3NO3. The Bertz CT molecular complexity index is 551. The van der Waals surface area contributed by atoms with E-state index < -0.39 is 36.4 Å². The van der Waals surface area contributed by atoms with Crippen LogP contribution in [-0.4, -0.2) is 41.0 Å². The van der Waals surface area contributed by atoms with Crippen LogP contribution < -0.4 is 5.32 Å². The molecule has 0 aliphatic carbocycles. The number of aliphatic hydroxyl groups is 2. The highest BCUT2D eigenvalue weighted by Gasteiger charge is 2.36. The molecule has 0 atom stereocenters. The van der Waals surface area contributed by atoms with Crippen LogP contribution in [0.15, 0.2) is 30.3 Å². The van der Waals surface area contributed by atoms with E-state index in [9.17, 15) is 18.0 Å². The highest BCUT2D eigenvalue weighted by atomic mass is 35.5. The predicted molar refractivity (Wildman–Crippen MR) is 76.2 cm³/mol. The van der Waals surface area contributed by atoms with Crippen molar-refractivity contribution in [3.05, 3.63) is 40.9 Å². The Morgan fingerprint density at radius 1 is 1.23 bits per heavy atom. The van der Waals surface area contributed by atoms with Crippen molar-refractivity contribution in [1.82, 2.24) is 5.32 Å². The van der Waals surface area contributed by atoms with Gasteiger partial charge in [0, 0.05) is 11.1 Å². The van der Waals surface area contributed by atoms with E-state index in [1.165, 1.54) is 19.1 Å². The van der Waals surface area contributed by atoms with Gasteiger partial charge in [0.1, 0.15) is 0 Å². The van der Waals surface area contributed by atoms with Crippen LogP contribution in [0, 0.1) is 0 Å². The third-order valence-electron chi connectivity index (χ3n) is 2.86. The van der Waals surface area contributed by atoms with Crippen LogP contribution >= 0.6 is 11.6 Å². The van der Waals surface area contributed by atoms with E-state index >= 15 is 0 Å². The van der Waals surface area contributed by atoms with E-state index in [-0.39, 0.29) is 10.6 Å². The molecule has 1 rings (SSSR count). The topological polar surface area (TPSA) is 69.6 Å². The highest BCUT2D eigenvalue weighted by molar-refractivity contribution is 6.30. The number of carbonyl (C=O) groups is 1. The van der Waals surface area contributed by atoms with Crippen LogP contribution in [0.3, 0.4) is 0 Å². The third kappa shape index (κ3) is 5.01. The number of rotatable bonds is 5. The maximum Gasteiger partial charge on any atom is 0.417 e. The van der Waals surface area contributed by atoms with Gasteiger partial charge in [-0.2, -0.15) is 13.2 Å². The fourth-order valence-electron chi connectivity index (χ4n) is 1.55. The van der Waals surface area contributed by atoms with E-state index in [0.29, 0.717) is 6.08 Å². The molecule has 22 heavy (non-hydrogen) atoms. The lowest BCUT2D eigenvalue weighted by molar-refractivity contribution is -0.119. The number of amides is 1. The molecule has 0 radical (unpaired) electrons. The second-order valence-electron chi connectivity index (χ2n) is 4.93. The molecular weight excluding hydrogens is 323 g/mol. The lowest BCUT2D eigenvalue weighted by Gasteiger charge is -2.25. The maximum atomic E-state index is 13.1. The average Bonchev–Trinajstić information content (AvgIpc) is 2.44. The summed E-state index contributed by atoms with van der Waals surface area (Å²) >= 11 is 5.63. The van der Waals surface area contributed by atoms with Crippen LogP contribution in [-0.2, 0) is 4.79 Å². The summed E-state index contributed by atoms with van der Waals surface area (Å²) in [5.74, 6) is -1.08. The molecule has 0 heterocycles. The van der Waals surface area contributed by atoms with Crippen LogP contribution in [0.2, 0.25) is 5.02 Å². The summed E-state index contributed by atoms with van der Waals surface area (Å²) in [6.45, 7) is 0.0606. The van der Waals surface area contributed by atoms with E-state index in [0.717, 1.165) is 12.1 Å². The van der Waals surface area contributed by atoms with E-state index in [1.807, 2.05) is 0 Å². The number of aliphatic hydroxyl groups excluding tert-OH is 2. The third-order valence-corrected chi connectivity index (χ3v) is 3.11. The summed E-state index contributed by atoms with van der Waals surface area (Å²) in [6, 6.07) is 4.85. The van der Waals surface area contributed by atoms with Crippen molar-refractivity contribution in [2.24, 2.45) is 0 Å². The zero-order chi connectivity index (χ0) is 17.0. The lowest BCUT2D eigenvalue weighted by Crippen LogP contribution is -2.51. The molecule has 8 heteroatoms. The first-order valence-electron chi connectivity index (χ1n) is 6.20. The first kappa shape index (κ1) is 18.5. The molecule has 1 aromatic rings. The van der Waals surface area contributed by atoms with Crippen molar-refractivity contribution in [2.75, 3.05) is 13.2 Å². The minimum atomic E-state index is -4.75. The smallest absolute Gasteiger partial charge is 0.394 e. The molecule has 0 aliphatic rings. The van der Waals surface area contributed by atoms with Crippen molar-refractivity contribution in [3.8, 4) is 0 Å². The second kappa shape index (κ2) is 7.13. The van der Waals surface area contributed by atoms with Crippen LogP contribution in [0.1, 0.15) is 12.5 Å². The van der Waals surface area contributed by atoms with Crippen molar-refractivity contribution < 1.29 is 28.2 Å². The summed E-state index contributed by atoms with van der Waals surface area (Å²) in [6.07, 6.45) is -4.37. The molecule has 0 fully saturated rings. The molecule has 4 nitrogen and oxygen atoms in total. The molecule has 1 aromatic carbocycles. The largest absolute Gasteiger partial charge is 0.417 e. The molecule has 3 N–H and O–H groups in total. The SMILES string of the molecule is CC(CO)(CO)NC(=O)C=C(c1ccc(Cl)cc1)C(F)(F)F. The Morgan fingerprint density at radius 2 is 1.73 bits per heavy atom. The van der Waals surface area contributed by atoms with Gasteiger partial charge < -0.3 is 15.5 Å². The van der Waals surface area contributed by atoms with Crippen LogP contribution in [0.4, 0.5) is 13.2 Å². The van der Waals surface area contributed by atoms with Crippen molar-refractivity contribution in [3.63, 3.8) is 0 Å². The quantitative estimate of drug-likeness (QED) is 0.721. The lowest BCUT2D eigenvalue weighted by atomic mass is 10.0. The first-order valence-corrected chi connectivity index (χ1v) is 6.58. The van der Waals surface area contributed by atoms with Gasteiger partial charge in [-0.15, -0.1) is 0 Å². The number of halogens is 4. The molecule has 0 aromatic heterocycles. The highest BCUT2D eigenvalue weighted by Crippen LogP contribution is 2.34. The predicted octanol–water partition coefficient (Wildman–Crippen LogP) is 2.15. The van der Waals surface area contributed by atoms with E-state index in [4.69, 9.17) is 21.8 Å². The van der Waals surface area contributed by atoms with Gasteiger partial charge in [-0.25, -0.2) is 0 Å². The van der Waals surface area contributed by atoms with Gasteiger partial charge >= 0.3 is 6.18 Å². The number of hydrogen-bond donors (Lipinski definition) is 3. The van der Waals surface area contributed by atoms with Gasteiger partial charge in [-0.05, 0) is 24.6 Å². The second-order valence-corrected chi connectivity index (χ2v) is 5.37. The Balaban J connectivity index is 3.12. The monoisotopic (exact) mass is 337 g/mol. The number of hydrogen-bond acceptors (Lipinski definition) is 3. The minimum Gasteiger partial charge on any atom is -0.394 e. The Labute approximate surface area is 130 Å². The van der Waals surface area contributed by atoms with E-state index in [2.05, 4.69) is 5.32 Å². The summed E-state index contributed by atoms with van der Waals surface area (Å²) in [5.41, 5.74) is -2.79. The number of allylic oxidation sites excluding steroid dienone is 1. The number of alkyl halides is 3. The normalized spacial score (nSPS) is 13.1. The van der Waals surface area contributed by atoms with Gasteiger partial charge in [0.2, 0.25) is 5.91 Å². The minimum absolute atomic E-state index is 0.221. The average molecular weight is 338 g/mol. The molecule has 122 valence electrons. The van der Waals surface area contributed by atoms with Gasteiger partial charge in [0.25, 0.3) is 0 Å². The zero-order valence-electron chi connectivity index (χ0n) is 11.6. The zero-order valence-corrected chi connectivity index (χ0v) is 12.4. The molecule has 0 aliphatic heterocycles. The number of nitrogens with one attached hydrogen (secondary N) is 1. The summed E-state index contributed by atoms with van der Waals surface area (Å²) in [7, 11) is 0. The Morgan fingerprint density at radius 3 is 2.14 bits per heavy atom. The molecule has 0 saturated heterocycles. The van der Waals surface area contributed by atoms with Crippen molar-refractivity contribution in [1.29, 1.82) is 0 Å². The Hall–Kier alpha value is -1.57. The fraction of sp³-hybridized carbons (Fsp3) is 0.357. The number of carbonyl (C=O) groups excluding carboxylic acids is 1. The van der Waals surface area contributed by atoms with Crippen molar-refractivity contribution >= 4 is 23.1 Å². The summed E-state index contributed by atoms with van der Waals surface area (Å²) in [4.78, 5) is 11.7. The summed E-state index contributed by atoms with van der Waals surface area (Å²) < 4.78 is 39.2. The molecule has 0 bridgehead atoms. The van der Waals surface area contributed by atoms with Crippen LogP contribution in [0.5, 0.6) is 0 Å². The molecule has 1 amide bonds. The first-order chi connectivity index (χ1) is 10.1. The van der Waals surface area contributed by atoms with Crippen LogP contribution in [0.25, 0.3) is 5.57 Å². The number of benzene rings is 1. The molecule has 0 spiro atoms. The Kier molecular flexibility index (Phi) is 5.99. The van der Waals surface area contributed by atoms with Gasteiger partial charge in [-0.1, -0.05) is 23.7 Å². The van der Waals surface area contributed by atoms with Gasteiger partial charge in [0.15, 0.2) is 0 Å². The fourth-order valence-corrected chi connectivity index (χ4v) is 1.68. The van der Waals surface area contributed by atoms with Gasteiger partial charge in [0.05, 0.1) is 24.3 Å².